The zero-order valence-corrected chi connectivity index (χ0v) is 5.93. The average molecular weight is 151 g/mol. The number of hydrogen-bond acceptors (Lipinski definition) is 2. The van der Waals surface area contributed by atoms with Gasteiger partial charge < -0.3 is 0 Å². The molecule has 0 saturated heterocycles. The molecule has 0 aliphatic heterocycles. The number of nitrogens with one attached hydrogen (secondary N) is 1. The Hall–Kier alpha value is -1.45. The summed E-state index contributed by atoms with van der Waals surface area (Å²) in [6.45, 7) is 1.81. The zero-order chi connectivity index (χ0) is 7.84. The van der Waals surface area contributed by atoms with Gasteiger partial charge >= 0.3 is 0 Å². The first-order chi connectivity index (χ1) is 5.27. The van der Waals surface area contributed by atoms with Gasteiger partial charge in [-0.3, -0.25) is 5.10 Å². The third-order valence-corrected chi connectivity index (χ3v) is 1.57. The average Bonchev–Trinajstić information content (AvgIpc) is 2.33. The lowest BCUT2D eigenvalue weighted by Gasteiger charge is -1.87. The van der Waals surface area contributed by atoms with E-state index in [0.717, 1.165) is 11.1 Å². The van der Waals surface area contributed by atoms with Gasteiger partial charge in [-0.1, -0.05) is 0 Å². The molecule has 2 aromatic rings. The predicted molar refractivity (Wildman–Crippen MR) is 38.6 cm³/mol. The molecule has 0 aliphatic carbocycles. The minimum absolute atomic E-state index is 0.331. The van der Waals surface area contributed by atoms with Crippen molar-refractivity contribution in [1.82, 2.24) is 15.2 Å². The Morgan fingerprint density at radius 1 is 1.55 bits per heavy atom. The minimum Gasteiger partial charge on any atom is -0.261 e. The Labute approximate surface area is 62.3 Å². The van der Waals surface area contributed by atoms with E-state index < -0.39 is 0 Å². The number of aromatic nitrogens is 3. The van der Waals surface area contributed by atoms with Crippen LogP contribution in [0.15, 0.2) is 12.3 Å². The van der Waals surface area contributed by atoms with Gasteiger partial charge in [-0.15, -0.1) is 0 Å². The fourth-order valence-electron chi connectivity index (χ4n) is 1.00. The van der Waals surface area contributed by atoms with Crippen molar-refractivity contribution in [2.75, 3.05) is 0 Å². The van der Waals surface area contributed by atoms with E-state index in [1.165, 1.54) is 12.3 Å². The van der Waals surface area contributed by atoms with E-state index in [4.69, 9.17) is 0 Å². The highest BCUT2D eigenvalue weighted by Gasteiger charge is 2.02. The highest BCUT2D eigenvalue weighted by Crippen LogP contribution is 2.12. The van der Waals surface area contributed by atoms with E-state index >= 15 is 0 Å². The number of aryl methyl sites for hydroxylation is 1. The van der Waals surface area contributed by atoms with Crippen LogP contribution >= 0.6 is 0 Å². The number of H-pyrrole nitrogens is 1. The van der Waals surface area contributed by atoms with Crippen molar-refractivity contribution in [3.05, 3.63) is 23.8 Å². The molecule has 0 saturated carbocycles. The lowest BCUT2D eigenvalue weighted by molar-refractivity contribution is 0.624. The zero-order valence-electron chi connectivity index (χ0n) is 5.93. The second kappa shape index (κ2) is 2.02. The molecule has 0 radical (unpaired) electrons. The van der Waals surface area contributed by atoms with Crippen molar-refractivity contribution >= 4 is 11.0 Å². The topological polar surface area (TPSA) is 41.6 Å². The van der Waals surface area contributed by atoms with Gasteiger partial charge in [0.1, 0.15) is 5.82 Å². The molecular formula is C7H6FN3. The van der Waals surface area contributed by atoms with E-state index in [-0.39, 0.29) is 5.82 Å². The van der Waals surface area contributed by atoms with Gasteiger partial charge in [-0.05, 0) is 13.0 Å². The van der Waals surface area contributed by atoms with Crippen LogP contribution in [0.4, 0.5) is 4.39 Å². The summed E-state index contributed by atoms with van der Waals surface area (Å²) in [5, 5.41) is 7.31. The molecule has 0 fully saturated rings. The second-order valence-electron chi connectivity index (χ2n) is 2.36. The lowest BCUT2D eigenvalue weighted by atomic mass is 10.3. The largest absolute Gasteiger partial charge is 0.261 e. The summed E-state index contributed by atoms with van der Waals surface area (Å²) in [7, 11) is 0. The first-order valence-corrected chi connectivity index (χ1v) is 3.23. The molecule has 2 rings (SSSR count). The summed E-state index contributed by atoms with van der Waals surface area (Å²) < 4.78 is 12.6. The molecule has 3 nitrogen and oxygen atoms in total. The van der Waals surface area contributed by atoms with Gasteiger partial charge in [0.2, 0.25) is 0 Å². The first kappa shape index (κ1) is 6.27. The monoisotopic (exact) mass is 151 g/mol. The van der Waals surface area contributed by atoms with Crippen molar-refractivity contribution in [3.8, 4) is 0 Å². The summed E-state index contributed by atoms with van der Waals surface area (Å²) in [5.41, 5.74) is 1.40. The van der Waals surface area contributed by atoms with Gasteiger partial charge in [0.05, 0.1) is 11.9 Å². The smallest absolute Gasteiger partial charge is 0.155 e. The summed E-state index contributed by atoms with van der Waals surface area (Å²) in [6.07, 6.45) is 1.17. The number of hydrogen-bond donors (Lipinski definition) is 1. The van der Waals surface area contributed by atoms with Crippen LogP contribution in [0.5, 0.6) is 0 Å². The van der Waals surface area contributed by atoms with Crippen molar-refractivity contribution in [2.24, 2.45) is 0 Å². The van der Waals surface area contributed by atoms with Crippen LogP contribution in [0.25, 0.3) is 11.0 Å². The fourth-order valence-corrected chi connectivity index (χ4v) is 1.00. The van der Waals surface area contributed by atoms with E-state index in [2.05, 4.69) is 15.2 Å². The molecule has 4 heteroatoms. The number of aromatic amines is 1. The molecule has 56 valence electrons. The highest BCUT2D eigenvalue weighted by atomic mass is 19.1. The summed E-state index contributed by atoms with van der Waals surface area (Å²) in [4.78, 5) is 3.81. The molecule has 1 N–H and O–H groups in total. The van der Waals surface area contributed by atoms with Crippen molar-refractivity contribution in [1.29, 1.82) is 0 Å². The maximum absolute atomic E-state index is 12.6. The lowest BCUT2D eigenvalue weighted by Crippen LogP contribution is -1.78. The van der Waals surface area contributed by atoms with Gasteiger partial charge in [0.25, 0.3) is 0 Å². The van der Waals surface area contributed by atoms with E-state index in [0.29, 0.717) is 5.65 Å². The summed E-state index contributed by atoms with van der Waals surface area (Å²) in [5.74, 6) is -0.331. The minimum atomic E-state index is -0.331. The molecule has 11 heavy (non-hydrogen) atoms. The fraction of sp³-hybridized carbons (Fsp3) is 0.143. The standard InChI is InChI=1S/C7H6FN3/c1-4-6-2-5(8)3-9-7(6)11-10-4/h2-3H,1H3,(H,9,10,11). The normalized spacial score (nSPS) is 10.7. The van der Waals surface area contributed by atoms with Crippen LogP contribution in [0.1, 0.15) is 5.69 Å². The van der Waals surface area contributed by atoms with Crippen LogP contribution in [-0.4, -0.2) is 15.2 Å². The molecule has 0 bridgehead atoms. The molecule has 0 spiro atoms. The Bertz CT molecular complexity index is 393. The van der Waals surface area contributed by atoms with E-state index in [1.807, 2.05) is 0 Å². The molecule has 0 atom stereocenters. The number of nitrogens with zero attached hydrogens (tertiary/aromatic N) is 2. The van der Waals surface area contributed by atoms with Gasteiger partial charge in [0.15, 0.2) is 5.65 Å². The number of rotatable bonds is 0. The Kier molecular flexibility index (Phi) is 1.15. The van der Waals surface area contributed by atoms with Crippen molar-refractivity contribution in [2.45, 2.75) is 6.92 Å². The van der Waals surface area contributed by atoms with Crippen LogP contribution in [0, 0.1) is 12.7 Å². The predicted octanol–water partition coefficient (Wildman–Crippen LogP) is 1.41. The molecular weight excluding hydrogens is 145 g/mol. The molecule has 0 amide bonds. The third kappa shape index (κ3) is 0.869. The Balaban J connectivity index is 2.87. The number of pyridine rings is 1. The van der Waals surface area contributed by atoms with Crippen LogP contribution in [-0.2, 0) is 0 Å². The van der Waals surface area contributed by atoms with Gasteiger partial charge in [-0.25, -0.2) is 9.37 Å². The van der Waals surface area contributed by atoms with Crippen LogP contribution < -0.4 is 0 Å². The Morgan fingerprint density at radius 2 is 2.36 bits per heavy atom. The Morgan fingerprint density at radius 3 is 3.18 bits per heavy atom. The maximum atomic E-state index is 12.6. The van der Waals surface area contributed by atoms with Gasteiger partial charge in [0, 0.05) is 5.39 Å². The van der Waals surface area contributed by atoms with Crippen molar-refractivity contribution < 1.29 is 4.39 Å². The van der Waals surface area contributed by atoms with E-state index in [9.17, 15) is 4.39 Å². The number of halogens is 1. The van der Waals surface area contributed by atoms with Crippen LogP contribution in [0.2, 0.25) is 0 Å². The van der Waals surface area contributed by atoms with E-state index in [1.54, 1.807) is 6.92 Å². The summed E-state index contributed by atoms with van der Waals surface area (Å²) >= 11 is 0. The SMILES string of the molecule is Cc1n[nH]c2ncc(F)cc12. The molecule has 0 aliphatic rings. The van der Waals surface area contributed by atoms with Gasteiger partial charge in [-0.2, -0.15) is 5.10 Å². The molecule has 0 unspecified atom stereocenters. The first-order valence-electron chi connectivity index (χ1n) is 3.23. The molecule has 2 heterocycles. The maximum Gasteiger partial charge on any atom is 0.155 e. The highest BCUT2D eigenvalue weighted by molar-refractivity contribution is 5.76. The molecule has 0 aromatic carbocycles. The molecule has 2 aromatic heterocycles. The summed E-state index contributed by atoms with van der Waals surface area (Å²) in [6, 6.07) is 1.42. The van der Waals surface area contributed by atoms with Crippen LogP contribution in [0.3, 0.4) is 0 Å². The second-order valence-corrected chi connectivity index (χ2v) is 2.36. The third-order valence-electron chi connectivity index (χ3n) is 1.57. The van der Waals surface area contributed by atoms with Crippen molar-refractivity contribution in [3.63, 3.8) is 0 Å². The quantitative estimate of drug-likeness (QED) is 0.618. The number of fused-ring (bicyclic) bond motifs is 1.